The van der Waals surface area contributed by atoms with Crippen molar-refractivity contribution in [3.8, 4) is 0 Å². The highest BCUT2D eigenvalue weighted by Gasteiger charge is 2.35. The Hall–Kier alpha value is -1.49. The van der Waals surface area contributed by atoms with Crippen molar-refractivity contribution >= 4 is 23.4 Å². The van der Waals surface area contributed by atoms with E-state index in [9.17, 15) is 9.59 Å². The Morgan fingerprint density at radius 3 is 2.71 bits per heavy atom. The van der Waals surface area contributed by atoms with Gasteiger partial charge in [0.15, 0.2) is 0 Å². The number of aryl methyl sites for hydroxylation is 1. The van der Waals surface area contributed by atoms with Crippen LogP contribution >= 0.6 is 11.6 Å². The molecule has 0 saturated carbocycles. The fourth-order valence-corrected chi connectivity index (χ4v) is 2.07. The molecule has 5 nitrogen and oxygen atoms in total. The van der Waals surface area contributed by atoms with Gasteiger partial charge in [0, 0.05) is 18.0 Å². The molecule has 1 fully saturated rings. The maximum Gasteiger partial charge on any atom is 0.232 e. The van der Waals surface area contributed by atoms with Crippen LogP contribution in [-0.2, 0) is 16.1 Å². The number of nitrogens with zero attached hydrogens (tertiary/aromatic N) is 3. The third kappa shape index (κ3) is 2.44. The highest BCUT2D eigenvalue weighted by Crippen LogP contribution is 2.20. The van der Waals surface area contributed by atoms with Gasteiger partial charge in [0.1, 0.15) is 11.0 Å². The van der Waals surface area contributed by atoms with Gasteiger partial charge < -0.3 is 0 Å². The molecule has 1 aliphatic rings. The second-order valence-electron chi connectivity index (χ2n) is 4.17. The molecule has 0 aromatic carbocycles. The van der Waals surface area contributed by atoms with E-state index < -0.39 is 0 Å². The van der Waals surface area contributed by atoms with E-state index in [2.05, 4.69) is 9.97 Å². The van der Waals surface area contributed by atoms with Crippen LogP contribution in [-0.4, -0.2) is 26.7 Å². The summed E-state index contributed by atoms with van der Waals surface area (Å²) in [6.45, 7) is 3.63. The molecule has 2 heterocycles. The number of rotatable bonds is 2. The van der Waals surface area contributed by atoms with Crippen LogP contribution in [0, 0.1) is 12.8 Å². The van der Waals surface area contributed by atoms with Crippen molar-refractivity contribution in [1.82, 2.24) is 14.9 Å². The van der Waals surface area contributed by atoms with Crippen molar-refractivity contribution in [3.63, 3.8) is 0 Å². The largest absolute Gasteiger partial charge is 0.275 e. The molecule has 1 atom stereocenters. The maximum absolute atomic E-state index is 11.7. The molecule has 0 bridgehead atoms. The van der Waals surface area contributed by atoms with Crippen LogP contribution in [0.4, 0.5) is 0 Å². The lowest BCUT2D eigenvalue weighted by Gasteiger charge is -2.13. The van der Waals surface area contributed by atoms with Gasteiger partial charge in [-0.1, -0.05) is 18.5 Å². The predicted octanol–water partition coefficient (Wildman–Crippen LogP) is 1.33. The van der Waals surface area contributed by atoms with Gasteiger partial charge in [-0.3, -0.25) is 14.5 Å². The van der Waals surface area contributed by atoms with E-state index in [1.807, 2.05) is 0 Å². The lowest BCUT2D eigenvalue weighted by atomic mass is 10.1. The highest BCUT2D eigenvalue weighted by atomic mass is 35.5. The fourth-order valence-electron chi connectivity index (χ4n) is 1.82. The Kier molecular flexibility index (Phi) is 3.11. The van der Waals surface area contributed by atoms with Crippen molar-refractivity contribution in [2.75, 3.05) is 0 Å². The molecule has 17 heavy (non-hydrogen) atoms. The molecule has 1 unspecified atom stereocenters. The topological polar surface area (TPSA) is 63.2 Å². The molecule has 0 radical (unpaired) electrons. The van der Waals surface area contributed by atoms with Crippen LogP contribution in [0.2, 0.25) is 5.15 Å². The standard InChI is InChI=1S/C11H12ClN3O2/c1-6-3-10(16)15(11(6)17)5-9-13-7(2)4-8(12)14-9/h4,6H,3,5H2,1-2H3. The first-order chi connectivity index (χ1) is 7.97. The van der Waals surface area contributed by atoms with Gasteiger partial charge in [-0.05, 0) is 13.0 Å². The summed E-state index contributed by atoms with van der Waals surface area (Å²) in [5.41, 5.74) is 0.715. The summed E-state index contributed by atoms with van der Waals surface area (Å²) in [7, 11) is 0. The number of hydrogen-bond donors (Lipinski definition) is 0. The number of imide groups is 1. The number of amides is 2. The molecule has 1 aromatic heterocycles. The van der Waals surface area contributed by atoms with Crippen LogP contribution in [0.1, 0.15) is 24.9 Å². The SMILES string of the molecule is Cc1cc(Cl)nc(CN2C(=O)CC(C)C2=O)n1. The van der Waals surface area contributed by atoms with Crippen molar-refractivity contribution in [1.29, 1.82) is 0 Å². The van der Waals surface area contributed by atoms with Gasteiger partial charge in [-0.15, -0.1) is 0 Å². The summed E-state index contributed by atoms with van der Waals surface area (Å²) >= 11 is 5.80. The minimum atomic E-state index is -0.247. The number of carbonyl (C=O) groups excluding carboxylic acids is 2. The molecule has 90 valence electrons. The van der Waals surface area contributed by atoms with E-state index in [0.717, 1.165) is 0 Å². The van der Waals surface area contributed by atoms with E-state index in [-0.39, 0.29) is 30.7 Å². The summed E-state index contributed by atoms with van der Waals surface area (Å²) < 4.78 is 0. The normalized spacial score (nSPS) is 20.2. The average Bonchev–Trinajstić information content (AvgIpc) is 2.44. The lowest BCUT2D eigenvalue weighted by Crippen LogP contribution is -2.30. The van der Waals surface area contributed by atoms with Gasteiger partial charge in [0.25, 0.3) is 0 Å². The monoisotopic (exact) mass is 253 g/mol. The zero-order valence-electron chi connectivity index (χ0n) is 9.61. The van der Waals surface area contributed by atoms with E-state index >= 15 is 0 Å². The van der Waals surface area contributed by atoms with Crippen LogP contribution in [0.3, 0.4) is 0 Å². The lowest BCUT2D eigenvalue weighted by molar-refractivity contribution is -0.140. The Bertz CT molecular complexity index is 469. The first kappa shape index (κ1) is 12.0. The Morgan fingerprint density at radius 1 is 1.47 bits per heavy atom. The predicted molar refractivity (Wildman–Crippen MR) is 61.1 cm³/mol. The summed E-state index contributed by atoms with van der Waals surface area (Å²) in [4.78, 5) is 32.6. The molecular formula is C11H12ClN3O2. The number of likely N-dealkylation sites (tertiary alicyclic amines) is 1. The molecule has 0 spiro atoms. The van der Waals surface area contributed by atoms with Gasteiger partial charge in [-0.25, -0.2) is 9.97 Å². The molecule has 2 amide bonds. The zero-order valence-corrected chi connectivity index (χ0v) is 10.4. The summed E-state index contributed by atoms with van der Waals surface area (Å²) in [5, 5.41) is 0.319. The minimum Gasteiger partial charge on any atom is -0.275 e. The molecule has 1 aromatic rings. The first-order valence-electron chi connectivity index (χ1n) is 5.31. The highest BCUT2D eigenvalue weighted by molar-refractivity contribution is 6.29. The minimum absolute atomic E-state index is 0.101. The van der Waals surface area contributed by atoms with Gasteiger partial charge in [0.2, 0.25) is 11.8 Å². The number of aromatic nitrogens is 2. The maximum atomic E-state index is 11.7. The molecule has 2 rings (SSSR count). The van der Waals surface area contributed by atoms with Crippen molar-refractivity contribution in [2.24, 2.45) is 5.92 Å². The van der Waals surface area contributed by atoms with E-state index in [1.165, 1.54) is 4.90 Å². The average molecular weight is 254 g/mol. The smallest absolute Gasteiger partial charge is 0.232 e. The van der Waals surface area contributed by atoms with Crippen molar-refractivity contribution in [3.05, 3.63) is 22.7 Å². The van der Waals surface area contributed by atoms with Gasteiger partial charge in [-0.2, -0.15) is 0 Å². The van der Waals surface area contributed by atoms with Crippen molar-refractivity contribution < 1.29 is 9.59 Å². The molecule has 6 heteroatoms. The Morgan fingerprint density at radius 2 is 2.18 bits per heavy atom. The van der Waals surface area contributed by atoms with Crippen LogP contribution in [0.25, 0.3) is 0 Å². The molecule has 0 aliphatic carbocycles. The number of carbonyl (C=O) groups is 2. The Balaban J connectivity index is 2.21. The van der Waals surface area contributed by atoms with E-state index in [4.69, 9.17) is 11.6 Å². The van der Waals surface area contributed by atoms with Gasteiger partial charge in [0.05, 0.1) is 6.54 Å². The molecule has 1 aliphatic heterocycles. The third-order valence-electron chi connectivity index (χ3n) is 2.64. The molecule has 0 N–H and O–H groups in total. The second kappa shape index (κ2) is 4.41. The van der Waals surface area contributed by atoms with Crippen LogP contribution in [0.15, 0.2) is 6.07 Å². The summed E-state index contributed by atoms with van der Waals surface area (Å²) in [6, 6.07) is 1.63. The second-order valence-corrected chi connectivity index (χ2v) is 4.56. The van der Waals surface area contributed by atoms with Gasteiger partial charge >= 0.3 is 0 Å². The first-order valence-corrected chi connectivity index (χ1v) is 5.69. The fraction of sp³-hybridized carbons (Fsp3) is 0.455. The van der Waals surface area contributed by atoms with Crippen LogP contribution < -0.4 is 0 Å². The van der Waals surface area contributed by atoms with Crippen molar-refractivity contribution in [2.45, 2.75) is 26.8 Å². The number of halogens is 1. The Labute approximate surface area is 104 Å². The van der Waals surface area contributed by atoms with Crippen LogP contribution in [0.5, 0.6) is 0 Å². The quantitative estimate of drug-likeness (QED) is 0.589. The van der Waals surface area contributed by atoms with E-state index in [1.54, 1.807) is 19.9 Å². The van der Waals surface area contributed by atoms with E-state index in [0.29, 0.717) is 16.7 Å². The zero-order chi connectivity index (χ0) is 12.6. The molecule has 1 saturated heterocycles. The summed E-state index contributed by atoms with van der Waals surface area (Å²) in [6.07, 6.45) is 0.262. The molecular weight excluding hydrogens is 242 g/mol. The summed E-state index contributed by atoms with van der Waals surface area (Å²) in [5.74, 6) is -0.200. The third-order valence-corrected chi connectivity index (χ3v) is 2.83. The number of hydrogen-bond acceptors (Lipinski definition) is 4.